The number of rotatable bonds is 7. The molecule has 0 heterocycles. The van der Waals surface area contributed by atoms with Gasteiger partial charge in [0.05, 0.1) is 22.8 Å². The zero-order valence-electron chi connectivity index (χ0n) is 18.3. The van der Waals surface area contributed by atoms with Gasteiger partial charge in [-0.1, -0.05) is 12.1 Å². The average molecular weight is 455 g/mol. The lowest BCUT2D eigenvalue weighted by atomic mass is 9.53. The highest BCUT2D eigenvalue weighted by molar-refractivity contribution is 7.92. The average Bonchev–Trinajstić information content (AvgIpc) is 2.73. The van der Waals surface area contributed by atoms with E-state index in [0.717, 1.165) is 37.0 Å². The summed E-state index contributed by atoms with van der Waals surface area (Å²) in [5, 5.41) is 3.34. The van der Waals surface area contributed by atoms with E-state index in [1.165, 1.54) is 31.4 Å². The van der Waals surface area contributed by atoms with Crippen LogP contribution in [0.1, 0.15) is 55.8 Å². The Labute approximate surface area is 189 Å². The molecule has 0 saturated heterocycles. The molecule has 4 fully saturated rings. The highest BCUT2D eigenvalue weighted by Gasteiger charge is 2.51. The van der Waals surface area contributed by atoms with E-state index in [9.17, 15) is 13.2 Å². The maximum atomic E-state index is 13.3. The largest absolute Gasteiger partial charge is 0.494 e. The smallest absolute Gasteiger partial charge is 0.261 e. The van der Waals surface area contributed by atoms with Gasteiger partial charge in [0.1, 0.15) is 5.75 Å². The highest BCUT2D eigenvalue weighted by atomic mass is 32.2. The van der Waals surface area contributed by atoms with E-state index in [1.807, 2.05) is 6.92 Å². The van der Waals surface area contributed by atoms with Crippen molar-refractivity contribution in [2.75, 3.05) is 11.3 Å². The van der Waals surface area contributed by atoms with Crippen molar-refractivity contribution in [1.29, 1.82) is 0 Å². The van der Waals surface area contributed by atoms with Gasteiger partial charge >= 0.3 is 0 Å². The van der Waals surface area contributed by atoms with Crippen molar-refractivity contribution >= 4 is 21.6 Å². The predicted octanol–water partition coefficient (Wildman–Crippen LogP) is 4.58. The van der Waals surface area contributed by atoms with Crippen LogP contribution >= 0.6 is 0 Å². The first-order valence-corrected chi connectivity index (χ1v) is 13.0. The standard InChI is InChI=1S/C25H30N2O4S/c1-2-31-20-7-9-21(10-8-20)32(29,30)27-23-6-4-3-5-22(23)24(28)26-25-14-17-11-18(15-25)13-19(12-17)16-25/h3-10,17-19,27H,2,11-16H2,1H3,(H,26,28). The first-order chi connectivity index (χ1) is 15.4. The molecule has 0 unspecified atom stereocenters. The number of sulfonamides is 1. The van der Waals surface area contributed by atoms with E-state index in [1.54, 1.807) is 36.4 Å². The van der Waals surface area contributed by atoms with Gasteiger partial charge in [0.15, 0.2) is 0 Å². The van der Waals surface area contributed by atoms with E-state index in [-0.39, 0.29) is 16.3 Å². The quantitative estimate of drug-likeness (QED) is 0.641. The maximum absolute atomic E-state index is 13.3. The van der Waals surface area contributed by atoms with Gasteiger partial charge < -0.3 is 10.1 Å². The van der Waals surface area contributed by atoms with Crippen molar-refractivity contribution < 1.29 is 17.9 Å². The molecule has 0 aliphatic heterocycles. The summed E-state index contributed by atoms with van der Waals surface area (Å²) in [5.74, 6) is 2.57. The molecule has 32 heavy (non-hydrogen) atoms. The van der Waals surface area contributed by atoms with Crippen LogP contribution in [0.2, 0.25) is 0 Å². The number of hydrogen-bond acceptors (Lipinski definition) is 4. The summed E-state index contributed by atoms with van der Waals surface area (Å²) < 4.78 is 33.9. The first kappa shape index (κ1) is 21.3. The summed E-state index contributed by atoms with van der Waals surface area (Å²) in [6, 6.07) is 13.1. The van der Waals surface area contributed by atoms with Gasteiger partial charge in [0.25, 0.3) is 15.9 Å². The van der Waals surface area contributed by atoms with Crippen molar-refractivity contribution in [2.45, 2.75) is 55.9 Å². The van der Waals surface area contributed by atoms with Gasteiger partial charge in [-0.2, -0.15) is 0 Å². The lowest BCUT2D eigenvalue weighted by Gasteiger charge is -2.56. The molecule has 6 nitrogen and oxygen atoms in total. The van der Waals surface area contributed by atoms with Crippen LogP contribution in [0.15, 0.2) is 53.4 Å². The molecule has 2 aromatic rings. The molecule has 0 radical (unpaired) electrons. The van der Waals surface area contributed by atoms with Gasteiger partial charge in [0, 0.05) is 5.54 Å². The Morgan fingerprint density at radius 1 is 0.969 bits per heavy atom. The number of carbonyl (C=O) groups excluding carboxylic acids is 1. The Bertz CT molecular complexity index is 1080. The Hall–Kier alpha value is -2.54. The number of benzene rings is 2. The molecular formula is C25H30N2O4S. The van der Waals surface area contributed by atoms with E-state index in [0.29, 0.717) is 23.6 Å². The van der Waals surface area contributed by atoms with Crippen molar-refractivity contribution in [3.8, 4) is 5.75 Å². The molecule has 170 valence electrons. The first-order valence-electron chi connectivity index (χ1n) is 11.5. The minimum absolute atomic E-state index is 0.122. The van der Waals surface area contributed by atoms with Crippen LogP contribution in [0.4, 0.5) is 5.69 Å². The monoisotopic (exact) mass is 454 g/mol. The Morgan fingerprint density at radius 2 is 1.56 bits per heavy atom. The number of para-hydroxylation sites is 1. The van der Waals surface area contributed by atoms with Crippen LogP contribution in [0.25, 0.3) is 0 Å². The van der Waals surface area contributed by atoms with Crippen LogP contribution < -0.4 is 14.8 Å². The minimum atomic E-state index is -3.84. The molecule has 7 heteroatoms. The molecule has 4 aliphatic carbocycles. The summed E-state index contributed by atoms with van der Waals surface area (Å²) in [6.45, 7) is 2.38. The highest BCUT2D eigenvalue weighted by Crippen LogP contribution is 2.55. The number of carbonyl (C=O) groups is 1. The normalized spacial score (nSPS) is 28.3. The summed E-state index contributed by atoms with van der Waals surface area (Å²) in [7, 11) is -3.84. The second-order valence-electron chi connectivity index (χ2n) is 9.71. The number of hydrogen-bond donors (Lipinski definition) is 2. The van der Waals surface area contributed by atoms with Crippen molar-refractivity contribution in [1.82, 2.24) is 5.32 Å². The Balaban J connectivity index is 1.35. The molecule has 4 aliphatic rings. The molecule has 4 bridgehead atoms. The molecule has 0 spiro atoms. The van der Waals surface area contributed by atoms with Gasteiger partial charge in [-0.05, 0) is 99.6 Å². The molecule has 2 aromatic carbocycles. The van der Waals surface area contributed by atoms with Crippen LogP contribution in [0.5, 0.6) is 5.75 Å². The fourth-order valence-corrected chi connectivity index (χ4v) is 7.51. The third-order valence-corrected chi connectivity index (χ3v) is 8.66. The van der Waals surface area contributed by atoms with E-state index < -0.39 is 10.0 Å². The summed E-state index contributed by atoms with van der Waals surface area (Å²) >= 11 is 0. The third kappa shape index (κ3) is 4.10. The second-order valence-corrected chi connectivity index (χ2v) is 11.4. The predicted molar refractivity (Wildman–Crippen MR) is 123 cm³/mol. The molecule has 0 aromatic heterocycles. The van der Waals surface area contributed by atoms with Crippen LogP contribution in [0, 0.1) is 17.8 Å². The zero-order chi connectivity index (χ0) is 22.3. The van der Waals surface area contributed by atoms with E-state index in [2.05, 4.69) is 10.0 Å². The second kappa shape index (κ2) is 8.10. The fourth-order valence-electron chi connectivity index (χ4n) is 6.43. The van der Waals surface area contributed by atoms with Gasteiger partial charge in [0.2, 0.25) is 0 Å². The molecule has 4 saturated carbocycles. The summed E-state index contributed by atoms with van der Waals surface area (Å²) in [4.78, 5) is 13.4. The Morgan fingerprint density at radius 3 is 2.16 bits per heavy atom. The molecule has 1 amide bonds. The third-order valence-electron chi connectivity index (χ3n) is 7.28. The van der Waals surface area contributed by atoms with Crippen LogP contribution in [-0.4, -0.2) is 26.5 Å². The number of anilines is 1. The van der Waals surface area contributed by atoms with Gasteiger partial charge in [-0.3, -0.25) is 9.52 Å². The summed E-state index contributed by atoms with van der Waals surface area (Å²) in [6.07, 6.45) is 7.04. The molecule has 6 rings (SSSR count). The number of amides is 1. The lowest BCUT2D eigenvalue weighted by Crippen LogP contribution is -2.59. The Kier molecular flexibility index (Phi) is 5.40. The zero-order valence-corrected chi connectivity index (χ0v) is 19.2. The minimum Gasteiger partial charge on any atom is -0.494 e. The number of nitrogens with one attached hydrogen (secondary N) is 2. The lowest BCUT2D eigenvalue weighted by molar-refractivity contribution is -0.0166. The summed E-state index contributed by atoms with van der Waals surface area (Å²) in [5.41, 5.74) is 0.522. The molecule has 2 N–H and O–H groups in total. The molecular weight excluding hydrogens is 424 g/mol. The molecule has 0 atom stereocenters. The van der Waals surface area contributed by atoms with Gasteiger partial charge in [-0.25, -0.2) is 8.42 Å². The van der Waals surface area contributed by atoms with Crippen molar-refractivity contribution in [2.24, 2.45) is 17.8 Å². The fraction of sp³-hybridized carbons (Fsp3) is 0.480. The maximum Gasteiger partial charge on any atom is 0.261 e. The van der Waals surface area contributed by atoms with Gasteiger partial charge in [-0.15, -0.1) is 0 Å². The van der Waals surface area contributed by atoms with Crippen molar-refractivity contribution in [3.63, 3.8) is 0 Å². The van der Waals surface area contributed by atoms with Crippen molar-refractivity contribution in [3.05, 3.63) is 54.1 Å². The van der Waals surface area contributed by atoms with E-state index >= 15 is 0 Å². The topological polar surface area (TPSA) is 84.5 Å². The van der Waals surface area contributed by atoms with Crippen LogP contribution in [-0.2, 0) is 10.0 Å². The van der Waals surface area contributed by atoms with E-state index in [4.69, 9.17) is 4.74 Å². The van der Waals surface area contributed by atoms with Crippen LogP contribution in [0.3, 0.4) is 0 Å². The number of ether oxygens (including phenoxy) is 1. The SMILES string of the molecule is CCOc1ccc(S(=O)(=O)Nc2ccccc2C(=O)NC23CC4CC(CC(C4)C2)C3)cc1.